The maximum absolute atomic E-state index is 11.9. The van der Waals surface area contributed by atoms with Crippen LogP contribution >= 0.6 is 27.5 Å². The van der Waals surface area contributed by atoms with E-state index in [-0.39, 0.29) is 12.5 Å². The summed E-state index contributed by atoms with van der Waals surface area (Å²) in [4.78, 5) is 11.9. The molecule has 0 saturated heterocycles. The summed E-state index contributed by atoms with van der Waals surface area (Å²) in [6, 6.07) is 7.29. The molecule has 0 aliphatic rings. The molecule has 1 aromatic rings. The van der Waals surface area contributed by atoms with Gasteiger partial charge in [-0.3, -0.25) is 4.79 Å². The van der Waals surface area contributed by atoms with Crippen molar-refractivity contribution < 1.29 is 4.79 Å². The lowest BCUT2D eigenvalue weighted by Crippen LogP contribution is -2.49. The Morgan fingerprint density at radius 2 is 2.06 bits per heavy atom. The minimum Gasteiger partial charge on any atom is -0.349 e. The SMILES string of the molecule is C=C(Cl)CNC(=O)C(C)(N)c1ccc(Br)cc1. The molecule has 0 heterocycles. The highest BCUT2D eigenvalue weighted by atomic mass is 79.9. The van der Waals surface area contributed by atoms with Crippen molar-refractivity contribution in [2.75, 3.05) is 6.54 Å². The van der Waals surface area contributed by atoms with Gasteiger partial charge >= 0.3 is 0 Å². The zero-order valence-corrected chi connectivity index (χ0v) is 11.8. The second-order valence-electron chi connectivity index (χ2n) is 3.91. The molecule has 3 N–H and O–H groups in total. The zero-order chi connectivity index (χ0) is 13.1. The van der Waals surface area contributed by atoms with Gasteiger partial charge in [0.25, 0.3) is 0 Å². The Morgan fingerprint density at radius 3 is 2.53 bits per heavy atom. The lowest BCUT2D eigenvalue weighted by Gasteiger charge is -2.24. The van der Waals surface area contributed by atoms with Crippen LogP contribution in [-0.2, 0) is 10.3 Å². The van der Waals surface area contributed by atoms with E-state index >= 15 is 0 Å². The van der Waals surface area contributed by atoms with Crippen molar-refractivity contribution >= 4 is 33.4 Å². The summed E-state index contributed by atoms with van der Waals surface area (Å²) < 4.78 is 0.937. The molecule has 1 rings (SSSR count). The average Bonchev–Trinajstić information content (AvgIpc) is 2.26. The molecule has 0 aromatic heterocycles. The van der Waals surface area contributed by atoms with Gasteiger partial charge in [0.05, 0.1) is 6.54 Å². The van der Waals surface area contributed by atoms with Crippen LogP contribution in [0.15, 0.2) is 40.3 Å². The number of halogens is 2. The van der Waals surface area contributed by atoms with Gasteiger partial charge in [-0.05, 0) is 24.6 Å². The lowest BCUT2D eigenvalue weighted by molar-refractivity contribution is -0.125. The summed E-state index contributed by atoms with van der Waals surface area (Å²) >= 11 is 8.91. The van der Waals surface area contributed by atoms with Crippen LogP contribution in [0.1, 0.15) is 12.5 Å². The molecule has 92 valence electrons. The molecule has 5 heteroatoms. The predicted octanol–water partition coefficient (Wildman–Crippen LogP) is 2.49. The third kappa shape index (κ3) is 3.84. The number of carbonyl (C=O) groups is 1. The highest BCUT2D eigenvalue weighted by molar-refractivity contribution is 9.10. The van der Waals surface area contributed by atoms with Crippen LogP contribution in [-0.4, -0.2) is 12.5 Å². The first-order chi connectivity index (χ1) is 7.84. The van der Waals surface area contributed by atoms with Crippen LogP contribution in [0.2, 0.25) is 0 Å². The molecule has 1 amide bonds. The van der Waals surface area contributed by atoms with Crippen molar-refractivity contribution in [3.05, 3.63) is 45.9 Å². The highest BCUT2D eigenvalue weighted by Gasteiger charge is 2.30. The number of carbonyl (C=O) groups excluding carboxylic acids is 1. The molecule has 1 atom stereocenters. The van der Waals surface area contributed by atoms with E-state index in [0.29, 0.717) is 5.03 Å². The van der Waals surface area contributed by atoms with Crippen molar-refractivity contribution in [1.29, 1.82) is 0 Å². The molecule has 0 saturated carbocycles. The monoisotopic (exact) mass is 316 g/mol. The van der Waals surface area contributed by atoms with E-state index < -0.39 is 5.54 Å². The van der Waals surface area contributed by atoms with Crippen LogP contribution in [0.4, 0.5) is 0 Å². The van der Waals surface area contributed by atoms with Gasteiger partial charge in [0.15, 0.2) is 0 Å². The molecule has 0 spiro atoms. The summed E-state index contributed by atoms with van der Waals surface area (Å²) in [6.45, 7) is 5.36. The Hall–Kier alpha value is -0.840. The Labute approximate surface area is 114 Å². The van der Waals surface area contributed by atoms with Crippen molar-refractivity contribution in [2.24, 2.45) is 5.73 Å². The van der Waals surface area contributed by atoms with E-state index in [4.69, 9.17) is 17.3 Å². The first-order valence-electron chi connectivity index (χ1n) is 5.00. The van der Waals surface area contributed by atoms with Crippen molar-refractivity contribution in [3.8, 4) is 0 Å². The van der Waals surface area contributed by atoms with Crippen LogP contribution in [0.3, 0.4) is 0 Å². The number of hydrogen-bond acceptors (Lipinski definition) is 2. The quantitative estimate of drug-likeness (QED) is 0.896. The summed E-state index contributed by atoms with van der Waals surface area (Å²) in [5.41, 5.74) is 5.66. The molecule has 0 fully saturated rings. The van der Waals surface area contributed by atoms with Gasteiger partial charge in [-0.2, -0.15) is 0 Å². The normalized spacial score (nSPS) is 13.9. The molecular weight excluding hydrogens is 304 g/mol. The van der Waals surface area contributed by atoms with Crippen molar-refractivity contribution in [1.82, 2.24) is 5.32 Å². The number of benzene rings is 1. The molecule has 1 unspecified atom stereocenters. The van der Waals surface area contributed by atoms with Crippen LogP contribution in [0.25, 0.3) is 0 Å². The van der Waals surface area contributed by atoms with Crippen molar-refractivity contribution in [2.45, 2.75) is 12.5 Å². The second kappa shape index (κ2) is 5.67. The Morgan fingerprint density at radius 1 is 1.53 bits per heavy atom. The summed E-state index contributed by atoms with van der Waals surface area (Å²) in [5, 5.41) is 2.99. The molecule has 1 aromatic carbocycles. The van der Waals surface area contributed by atoms with E-state index in [1.807, 2.05) is 12.1 Å². The molecule has 0 radical (unpaired) electrons. The van der Waals surface area contributed by atoms with Crippen LogP contribution in [0, 0.1) is 0 Å². The standard InChI is InChI=1S/C12H14BrClN2O/c1-8(14)7-16-11(17)12(2,15)9-3-5-10(13)6-4-9/h3-6H,1,7,15H2,2H3,(H,16,17). The fraction of sp³-hybridized carbons (Fsp3) is 0.250. The average molecular weight is 318 g/mol. The number of nitrogens with one attached hydrogen (secondary N) is 1. The van der Waals surface area contributed by atoms with E-state index in [1.165, 1.54) is 0 Å². The minimum absolute atomic E-state index is 0.212. The fourth-order valence-electron chi connectivity index (χ4n) is 1.29. The molecule has 0 aliphatic carbocycles. The predicted molar refractivity (Wildman–Crippen MR) is 73.7 cm³/mol. The van der Waals surface area contributed by atoms with Gasteiger partial charge in [0.2, 0.25) is 5.91 Å². The summed E-state index contributed by atoms with van der Waals surface area (Å²) in [5.74, 6) is -0.290. The second-order valence-corrected chi connectivity index (χ2v) is 5.36. The molecule has 17 heavy (non-hydrogen) atoms. The van der Waals surface area contributed by atoms with Crippen molar-refractivity contribution in [3.63, 3.8) is 0 Å². The third-order valence-corrected chi connectivity index (χ3v) is 3.02. The maximum atomic E-state index is 11.9. The number of hydrogen-bond donors (Lipinski definition) is 2. The smallest absolute Gasteiger partial charge is 0.244 e. The Kier molecular flexibility index (Phi) is 4.74. The first-order valence-corrected chi connectivity index (χ1v) is 6.17. The van der Waals surface area contributed by atoms with Gasteiger partial charge in [-0.25, -0.2) is 0 Å². The third-order valence-electron chi connectivity index (χ3n) is 2.36. The van der Waals surface area contributed by atoms with Gasteiger partial charge in [0, 0.05) is 9.51 Å². The summed E-state index contributed by atoms with van der Waals surface area (Å²) in [6.07, 6.45) is 0. The first kappa shape index (κ1) is 14.2. The molecular formula is C12H14BrClN2O. The van der Waals surface area contributed by atoms with Gasteiger partial charge in [0.1, 0.15) is 5.54 Å². The van der Waals surface area contributed by atoms with Gasteiger partial charge in [-0.15, -0.1) is 0 Å². The minimum atomic E-state index is -1.09. The molecule has 0 aliphatic heterocycles. The number of nitrogens with two attached hydrogens (primary N) is 1. The zero-order valence-electron chi connectivity index (χ0n) is 9.47. The number of rotatable bonds is 4. The topological polar surface area (TPSA) is 55.1 Å². The number of amides is 1. The van der Waals surface area contributed by atoms with E-state index in [1.54, 1.807) is 19.1 Å². The lowest BCUT2D eigenvalue weighted by atomic mass is 9.92. The van der Waals surface area contributed by atoms with Gasteiger partial charge < -0.3 is 11.1 Å². The van der Waals surface area contributed by atoms with E-state index in [9.17, 15) is 4.79 Å². The highest BCUT2D eigenvalue weighted by Crippen LogP contribution is 2.20. The fourth-order valence-corrected chi connectivity index (χ4v) is 1.62. The Balaban J connectivity index is 2.82. The Bertz CT molecular complexity index is 429. The van der Waals surface area contributed by atoms with Gasteiger partial charge in [-0.1, -0.05) is 46.2 Å². The summed E-state index contributed by atoms with van der Waals surface area (Å²) in [7, 11) is 0. The maximum Gasteiger partial charge on any atom is 0.244 e. The molecule has 0 bridgehead atoms. The van der Waals surface area contributed by atoms with Crippen LogP contribution < -0.4 is 11.1 Å². The van der Waals surface area contributed by atoms with E-state index in [2.05, 4.69) is 27.8 Å². The molecule has 3 nitrogen and oxygen atoms in total. The largest absolute Gasteiger partial charge is 0.349 e. The van der Waals surface area contributed by atoms with Crippen LogP contribution in [0.5, 0.6) is 0 Å². The van der Waals surface area contributed by atoms with E-state index in [0.717, 1.165) is 10.0 Å².